The van der Waals surface area contributed by atoms with Gasteiger partial charge in [0.2, 0.25) is 0 Å². The first-order valence-electron chi connectivity index (χ1n) is 7.58. The zero-order valence-corrected chi connectivity index (χ0v) is 13.2. The number of carbonyl (C=O) groups is 1. The summed E-state index contributed by atoms with van der Waals surface area (Å²) >= 11 is 0. The van der Waals surface area contributed by atoms with Crippen molar-refractivity contribution in [2.75, 3.05) is 11.9 Å². The predicted octanol–water partition coefficient (Wildman–Crippen LogP) is 2.45. The SMILES string of the molecule is CCOC(=O)c1ccc(NCc2ccc(-n3cccn3)nc2)nc1. The molecule has 3 heterocycles. The highest BCUT2D eigenvalue weighted by atomic mass is 16.5. The van der Waals surface area contributed by atoms with Crippen LogP contribution in [0.15, 0.2) is 55.1 Å². The zero-order chi connectivity index (χ0) is 16.8. The second-order valence-corrected chi connectivity index (χ2v) is 4.98. The molecule has 0 radical (unpaired) electrons. The van der Waals surface area contributed by atoms with Crippen molar-refractivity contribution in [1.29, 1.82) is 0 Å². The van der Waals surface area contributed by atoms with E-state index in [-0.39, 0.29) is 5.97 Å². The Labute approximate surface area is 139 Å². The van der Waals surface area contributed by atoms with Crippen LogP contribution in [0.1, 0.15) is 22.8 Å². The molecule has 7 nitrogen and oxygen atoms in total. The van der Waals surface area contributed by atoms with Crippen LogP contribution < -0.4 is 5.32 Å². The van der Waals surface area contributed by atoms with Crippen molar-refractivity contribution >= 4 is 11.8 Å². The Balaban J connectivity index is 1.58. The van der Waals surface area contributed by atoms with Gasteiger partial charge in [0, 0.05) is 31.3 Å². The van der Waals surface area contributed by atoms with Crippen LogP contribution in [0.25, 0.3) is 5.82 Å². The van der Waals surface area contributed by atoms with Gasteiger partial charge in [0.15, 0.2) is 5.82 Å². The molecular weight excluding hydrogens is 306 g/mol. The van der Waals surface area contributed by atoms with Crippen molar-refractivity contribution in [3.8, 4) is 5.82 Å². The fraction of sp³-hybridized carbons (Fsp3) is 0.176. The van der Waals surface area contributed by atoms with Crippen LogP contribution in [0.5, 0.6) is 0 Å². The number of nitrogens with one attached hydrogen (secondary N) is 1. The molecule has 0 fully saturated rings. The summed E-state index contributed by atoms with van der Waals surface area (Å²) in [4.78, 5) is 20.1. The van der Waals surface area contributed by atoms with Crippen molar-refractivity contribution in [2.45, 2.75) is 13.5 Å². The molecule has 122 valence electrons. The standard InChI is InChI=1S/C17H17N5O2/c1-2-24-17(23)14-5-6-15(19-12-14)18-10-13-4-7-16(20-11-13)22-9-3-8-21-22/h3-9,11-12H,2,10H2,1H3,(H,18,19). The van der Waals surface area contributed by atoms with Gasteiger partial charge in [-0.2, -0.15) is 5.10 Å². The molecule has 0 bridgehead atoms. The summed E-state index contributed by atoms with van der Waals surface area (Å²) in [5.74, 6) is 1.08. The first-order chi connectivity index (χ1) is 11.8. The largest absolute Gasteiger partial charge is 0.462 e. The van der Waals surface area contributed by atoms with Crippen LogP contribution >= 0.6 is 0 Å². The molecule has 0 atom stereocenters. The Morgan fingerprint density at radius 2 is 2.12 bits per heavy atom. The molecule has 0 amide bonds. The molecule has 3 rings (SSSR count). The van der Waals surface area contributed by atoms with E-state index in [9.17, 15) is 4.79 Å². The topological polar surface area (TPSA) is 81.9 Å². The lowest BCUT2D eigenvalue weighted by Gasteiger charge is -2.07. The molecule has 3 aromatic rings. The quantitative estimate of drug-likeness (QED) is 0.702. The van der Waals surface area contributed by atoms with E-state index >= 15 is 0 Å². The molecule has 0 saturated carbocycles. The number of aromatic nitrogens is 4. The fourth-order valence-corrected chi connectivity index (χ4v) is 2.09. The van der Waals surface area contributed by atoms with Gasteiger partial charge in [-0.1, -0.05) is 6.07 Å². The van der Waals surface area contributed by atoms with Gasteiger partial charge in [-0.3, -0.25) is 0 Å². The molecule has 0 aliphatic rings. The van der Waals surface area contributed by atoms with Crippen LogP contribution in [-0.2, 0) is 11.3 Å². The van der Waals surface area contributed by atoms with Gasteiger partial charge >= 0.3 is 5.97 Å². The van der Waals surface area contributed by atoms with Crippen molar-refractivity contribution < 1.29 is 9.53 Å². The maximum absolute atomic E-state index is 11.6. The molecule has 0 spiro atoms. The van der Waals surface area contributed by atoms with Crippen molar-refractivity contribution in [2.24, 2.45) is 0 Å². The average Bonchev–Trinajstić information content (AvgIpc) is 3.16. The van der Waals surface area contributed by atoms with Gasteiger partial charge in [-0.25, -0.2) is 19.4 Å². The molecule has 3 aromatic heterocycles. The average molecular weight is 323 g/mol. The van der Waals surface area contributed by atoms with E-state index in [2.05, 4.69) is 20.4 Å². The van der Waals surface area contributed by atoms with Gasteiger partial charge < -0.3 is 10.1 Å². The molecule has 0 saturated heterocycles. The number of carbonyl (C=O) groups excluding carboxylic acids is 1. The number of hydrogen-bond donors (Lipinski definition) is 1. The molecule has 1 N–H and O–H groups in total. The van der Waals surface area contributed by atoms with Crippen molar-refractivity contribution in [3.05, 3.63) is 66.2 Å². The third-order valence-electron chi connectivity index (χ3n) is 3.30. The lowest BCUT2D eigenvalue weighted by molar-refractivity contribution is 0.0526. The number of pyridine rings is 2. The van der Waals surface area contributed by atoms with Crippen LogP contribution in [0.3, 0.4) is 0 Å². The molecule has 0 aliphatic heterocycles. The van der Waals surface area contributed by atoms with E-state index < -0.39 is 0 Å². The van der Waals surface area contributed by atoms with Gasteiger partial charge in [-0.05, 0) is 36.8 Å². The smallest absolute Gasteiger partial charge is 0.339 e. The van der Waals surface area contributed by atoms with Crippen LogP contribution in [-0.4, -0.2) is 32.3 Å². The highest BCUT2D eigenvalue weighted by Gasteiger charge is 2.06. The van der Waals surface area contributed by atoms with E-state index in [1.54, 1.807) is 36.1 Å². The van der Waals surface area contributed by atoms with Crippen LogP contribution in [0.2, 0.25) is 0 Å². The molecular formula is C17H17N5O2. The van der Waals surface area contributed by atoms with Gasteiger partial charge in [0.1, 0.15) is 5.82 Å². The van der Waals surface area contributed by atoms with E-state index in [0.717, 1.165) is 11.4 Å². The first kappa shape index (κ1) is 15.7. The zero-order valence-electron chi connectivity index (χ0n) is 13.2. The Morgan fingerprint density at radius 3 is 2.75 bits per heavy atom. The van der Waals surface area contributed by atoms with Gasteiger partial charge in [0.05, 0.1) is 12.2 Å². The normalized spacial score (nSPS) is 10.4. The molecule has 24 heavy (non-hydrogen) atoms. The third-order valence-corrected chi connectivity index (χ3v) is 3.30. The minimum absolute atomic E-state index is 0.348. The second-order valence-electron chi connectivity index (χ2n) is 4.98. The summed E-state index contributed by atoms with van der Waals surface area (Å²) in [6.07, 6.45) is 6.84. The minimum atomic E-state index is -0.366. The Bertz CT molecular complexity index is 783. The Kier molecular flexibility index (Phi) is 4.81. The van der Waals surface area contributed by atoms with E-state index in [1.165, 1.54) is 6.20 Å². The lowest BCUT2D eigenvalue weighted by Crippen LogP contribution is -2.07. The second kappa shape index (κ2) is 7.36. The highest BCUT2D eigenvalue weighted by Crippen LogP contribution is 2.10. The maximum atomic E-state index is 11.6. The monoisotopic (exact) mass is 323 g/mol. The third kappa shape index (κ3) is 3.75. The number of anilines is 1. The maximum Gasteiger partial charge on any atom is 0.339 e. The highest BCUT2D eigenvalue weighted by molar-refractivity contribution is 5.89. The fourth-order valence-electron chi connectivity index (χ4n) is 2.09. The summed E-state index contributed by atoms with van der Waals surface area (Å²) in [6.45, 7) is 2.70. The molecule has 7 heteroatoms. The van der Waals surface area contributed by atoms with Crippen molar-refractivity contribution in [3.63, 3.8) is 0 Å². The predicted molar refractivity (Wildman–Crippen MR) is 88.9 cm³/mol. The van der Waals surface area contributed by atoms with Gasteiger partial charge in [-0.15, -0.1) is 0 Å². The minimum Gasteiger partial charge on any atom is -0.462 e. The summed E-state index contributed by atoms with van der Waals surface area (Å²) in [5.41, 5.74) is 1.45. The van der Waals surface area contributed by atoms with Crippen LogP contribution in [0.4, 0.5) is 5.82 Å². The summed E-state index contributed by atoms with van der Waals surface area (Å²) in [6, 6.07) is 9.16. The van der Waals surface area contributed by atoms with E-state index in [4.69, 9.17) is 4.74 Å². The van der Waals surface area contributed by atoms with Gasteiger partial charge in [0.25, 0.3) is 0 Å². The lowest BCUT2D eigenvalue weighted by atomic mass is 10.2. The number of nitrogens with zero attached hydrogens (tertiary/aromatic N) is 4. The summed E-state index contributed by atoms with van der Waals surface area (Å²) in [7, 11) is 0. The number of esters is 1. The summed E-state index contributed by atoms with van der Waals surface area (Å²) < 4.78 is 6.63. The molecule has 0 aromatic carbocycles. The molecule has 0 aliphatic carbocycles. The van der Waals surface area contributed by atoms with Crippen molar-refractivity contribution in [1.82, 2.24) is 19.7 Å². The summed E-state index contributed by atoms with van der Waals surface area (Å²) in [5, 5.41) is 7.32. The number of ether oxygens (including phenoxy) is 1. The first-order valence-corrected chi connectivity index (χ1v) is 7.58. The van der Waals surface area contributed by atoms with E-state index in [1.807, 2.05) is 24.4 Å². The number of rotatable bonds is 6. The Morgan fingerprint density at radius 1 is 1.21 bits per heavy atom. The van der Waals surface area contributed by atoms with Crippen LogP contribution in [0, 0.1) is 0 Å². The molecule has 0 unspecified atom stereocenters. The number of hydrogen-bond acceptors (Lipinski definition) is 6. The van der Waals surface area contributed by atoms with E-state index in [0.29, 0.717) is 24.5 Å². The Hall–Kier alpha value is -3.22.